The summed E-state index contributed by atoms with van der Waals surface area (Å²) in [6.45, 7) is 7.37. The topological polar surface area (TPSA) is 58.6 Å². The lowest BCUT2D eigenvalue weighted by Gasteiger charge is -2.23. The number of benzene rings is 2. The van der Waals surface area contributed by atoms with Gasteiger partial charge in [-0.25, -0.2) is 0 Å². The fourth-order valence-electron chi connectivity index (χ4n) is 3.77. The van der Waals surface area contributed by atoms with Gasteiger partial charge in [-0.2, -0.15) is 0 Å². The van der Waals surface area contributed by atoms with E-state index in [0.717, 1.165) is 31.7 Å². The highest BCUT2D eigenvalue weighted by Crippen LogP contribution is 2.20. The minimum absolute atomic E-state index is 0.0263. The second kappa shape index (κ2) is 10.9. The number of hydrogen-bond acceptors (Lipinski definition) is 4. The summed E-state index contributed by atoms with van der Waals surface area (Å²) in [5.74, 6) is 0.683. The lowest BCUT2D eigenvalue weighted by molar-refractivity contribution is -0.121. The Bertz CT molecular complexity index is 849. The molecule has 0 unspecified atom stereocenters. The number of nitrogens with zero attached hydrogens (tertiary/aromatic N) is 1. The van der Waals surface area contributed by atoms with Crippen molar-refractivity contribution in [1.29, 1.82) is 0 Å². The van der Waals surface area contributed by atoms with Gasteiger partial charge < -0.3 is 15.0 Å². The van der Waals surface area contributed by atoms with Crippen molar-refractivity contribution < 1.29 is 14.3 Å². The highest BCUT2D eigenvalue weighted by atomic mass is 16.5. The molecule has 0 fully saturated rings. The molecule has 0 aromatic heterocycles. The molecule has 1 aliphatic heterocycles. The van der Waals surface area contributed by atoms with Crippen LogP contribution in [0.25, 0.3) is 0 Å². The maximum absolute atomic E-state index is 12.6. The molecule has 2 aromatic carbocycles. The predicted octanol–water partition coefficient (Wildman–Crippen LogP) is 3.65. The molecule has 3 rings (SSSR count). The molecular formula is C25H32N2O3. The molecule has 0 spiro atoms. The molecule has 1 aliphatic rings. The maximum Gasteiger partial charge on any atom is 0.220 e. The second-order valence-electron chi connectivity index (χ2n) is 8.05. The Labute approximate surface area is 179 Å². The number of ether oxygens (including phenoxy) is 1. The van der Waals surface area contributed by atoms with Gasteiger partial charge in [-0.05, 0) is 56.0 Å². The fraction of sp³-hybridized carbons (Fsp3) is 0.440. The van der Waals surface area contributed by atoms with E-state index in [-0.39, 0.29) is 24.5 Å². The first-order valence-electron chi connectivity index (χ1n) is 10.9. The van der Waals surface area contributed by atoms with Crippen molar-refractivity contribution in [3.05, 3.63) is 65.2 Å². The van der Waals surface area contributed by atoms with Gasteiger partial charge in [0.15, 0.2) is 5.78 Å². The standard InChI is InChI=1S/C25H32N2O3/c1-19(2)27-15-12-20-8-9-22(18-21(20)13-16-27)24(28)10-11-25(29)26-14-17-30-23-6-4-3-5-7-23/h3-9,18-19H,10-17H2,1-2H3,(H,26,29). The number of fused-ring (bicyclic) bond motifs is 1. The summed E-state index contributed by atoms with van der Waals surface area (Å²) in [5, 5.41) is 2.81. The van der Waals surface area contributed by atoms with E-state index in [1.165, 1.54) is 11.1 Å². The van der Waals surface area contributed by atoms with Crippen molar-refractivity contribution in [3.8, 4) is 5.75 Å². The van der Waals surface area contributed by atoms with Gasteiger partial charge in [-0.15, -0.1) is 0 Å². The molecule has 0 aliphatic carbocycles. The van der Waals surface area contributed by atoms with E-state index >= 15 is 0 Å². The van der Waals surface area contributed by atoms with E-state index in [9.17, 15) is 9.59 Å². The number of rotatable bonds is 9. The van der Waals surface area contributed by atoms with Crippen LogP contribution in [-0.4, -0.2) is 48.9 Å². The third kappa shape index (κ3) is 6.42. The van der Waals surface area contributed by atoms with E-state index in [0.29, 0.717) is 24.8 Å². The molecule has 30 heavy (non-hydrogen) atoms. The van der Waals surface area contributed by atoms with Gasteiger partial charge in [0.25, 0.3) is 0 Å². The Balaban J connectivity index is 1.42. The Hall–Kier alpha value is -2.66. The third-order valence-corrected chi connectivity index (χ3v) is 5.61. The van der Waals surface area contributed by atoms with Gasteiger partial charge in [-0.3, -0.25) is 9.59 Å². The highest BCUT2D eigenvalue weighted by Gasteiger charge is 2.18. The summed E-state index contributed by atoms with van der Waals surface area (Å²) in [5.41, 5.74) is 3.32. The fourth-order valence-corrected chi connectivity index (χ4v) is 3.77. The highest BCUT2D eigenvalue weighted by molar-refractivity contribution is 5.98. The molecule has 1 N–H and O–H groups in total. The molecule has 2 aromatic rings. The zero-order valence-corrected chi connectivity index (χ0v) is 18.0. The van der Waals surface area contributed by atoms with Crippen LogP contribution in [0.15, 0.2) is 48.5 Å². The molecule has 5 heteroatoms. The lowest BCUT2D eigenvalue weighted by Crippen LogP contribution is -2.32. The number of hydrogen-bond donors (Lipinski definition) is 1. The Morgan fingerprint density at radius 1 is 1.00 bits per heavy atom. The molecule has 0 saturated heterocycles. The Morgan fingerprint density at radius 2 is 1.73 bits per heavy atom. The molecule has 160 valence electrons. The normalized spacial score (nSPS) is 14.1. The van der Waals surface area contributed by atoms with Gasteiger partial charge >= 0.3 is 0 Å². The van der Waals surface area contributed by atoms with Crippen LogP contribution in [0.1, 0.15) is 48.2 Å². The molecule has 0 atom stereocenters. The molecular weight excluding hydrogens is 376 g/mol. The smallest absolute Gasteiger partial charge is 0.220 e. The number of nitrogens with one attached hydrogen (secondary N) is 1. The van der Waals surface area contributed by atoms with Crippen molar-refractivity contribution >= 4 is 11.7 Å². The number of amides is 1. The zero-order valence-electron chi connectivity index (χ0n) is 18.0. The second-order valence-corrected chi connectivity index (χ2v) is 8.05. The van der Waals surface area contributed by atoms with E-state index < -0.39 is 0 Å². The van der Waals surface area contributed by atoms with Gasteiger partial charge in [0, 0.05) is 37.5 Å². The van der Waals surface area contributed by atoms with Crippen LogP contribution in [0.5, 0.6) is 5.75 Å². The first kappa shape index (κ1) is 22.0. The average molecular weight is 409 g/mol. The first-order valence-corrected chi connectivity index (χ1v) is 10.9. The summed E-state index contributed by atoms with van der Waals surface area (Å²) in [7, 11) is 0. The van der Waals surface area contributed by atoms with Crippen LogP contribution in [0.2, 0.25) is 0 Å². The Morgan fingerprint density at radius 3 is 2.47 bits per heavy atom. The molecule has 0 saturated carbocycles. The van der Waals surface area contributed by atoms with Gasteiger partial charge in [0.2, 0.25) is 5.91 Å². The zero-order chi connectivity index (χ0) is 21.3. The number of para-hydroxylation sites is 1. The van der Waals surface area contributed by atoms with Crippen LogP contribution in [0.4, 0.5) is 0 Å². The average Bonchev–Trinajstić information content (AvgIpc) is 2.98. The number of ketones is 1. The van der Waals surface area contributed by atoms with Gasteiger partial charge in [0.1, 0.15) is 12.4 Å². The van der Waals surface area contributed by atoms with Crippen molar-refractivity contribution in [2.24, 2.45) is 0 Å². The number of carbonyl (C=O) groups is 2. The molecule has 0 bridgehead atoms. The Kier molecular flexibility index (Phi) is 8.03. The summed E-state index contributed by atoms with van der Waals surface area (Å²) < 4.78 is 5.55. The van der Waals surface area contributed by atoms with Crippen LogP contribution in [0.3, 0.4) is 0 Å². The minimum atomic E-state index is -0.123. The van der Waals surface area contributed by atoms with Crippen molar-refractivity contribution in [1.82, 2.24) is 10.2 Å². The summed E-state index contributed by atoms with van der Waals surface area (Å²) >= 11 is 0. The van der Waals surface area contributed by atoms with Crippen LogP contribution in [-0.2, 0) is 17.6 Å². The quantitative estimate of drug-likeness (QED) is 0.508. The largest absolute Gasteiger partial charge is 0.492 e. The molecule has 1 heterocycles. The summed E-state index contributed by atoms with van der Waals surface area (Å²) in [4.78, 5) is 27.1. The SMILES string of the molecule is CC(C)N1CCc2ccc(C(=O)CCC(=O)NCCOc3ccccc3)cc2CC1. The van der Waals surface area contributed by atoms with Crippen LogP contribution >= 0.6 is 0 Å². The summed E-state index contributed by atoms with van der Waals surface area (Å²) in [6.07, 6.45) is 2.41. The molecule has 1 amide bonds. The number of Topliss-reactive ketones (excluding diaryl/α,β-unsaturated/α-hetero) is 1. The van der Waals surface area contributed by atoms with Crippen molar-refractivity contribution in [3.63, 3.8) is 0 Å². The number of carbonyl (C=O) groups excluding carboxylic acids is 2. The first-order chi connectivity index (χ1) is 14.5. The predicted molar refractivity (Wildman–Crippen MR) is 119 cm³/mol. The molecule has 0 radical (unpaired) electrons. The minimum Gasteiger partial charge on any atom is -0.492 e. The van der Waals surface area contributed by atoms with Crippen LogP contribution < -0.4 is 10.1 Å². The van der Waals surface area contributed by atoms with E-state index in [2.05, 4.69) is 30.1 Å². The van der Waals surface area contributed by atoms with Crippen LogP contribution in [0, 0.1) is 0 Å². The maximum atomic E-state index is 12.6. The van der Waals surface area contributed by atoms with E-state index in [1.54, 1.807) is 0 Å². The summed E-state index contributed by atoms with van der Waals surface area (Å²) in [6, 6.07) is 16.1. The van der Waals surface area contributed by atoms with Gasteiger partial charge in [0.05, 0.1) is 6.54 Å². The molecule has 5 nitrogen and oxygen atoms in total. The monoisotopic (exact) mass is 408 g/mol. The van der Waals surface area contributed by atoms with Crippen molar-refractivity contribution in [2.75, 3.05) is 26.2 Å². The van der Waals surface area contributed by atoms with E-state index in [1.807, 2.05) is 42.5 Å². The van der Waals surface area contributed by atoms with E-state index in [4.69, 9.17) is 4.74 Å². The third-order valence-electron chi connectivity index (χ3n) is 5.61. The lowest BCUT2D eigenvalue weighted by atomic mass is 9.97. The van der Waals surface area contributed by atoms with Crippen molar-refractivity contribution in [2.45, 2.75) is 45.6 Å². The van der Waals surface area contributed by atoms with Gasteiger partial charge in [-0.1, -0.05) is 30.3 Å².